The average molecular weight is 155 g/mol. The van der Waals surface area contributed by atoms with Gasteiger partial charge in [-0.05, 0) is 18.4 Å². The van der Waals surface area contributed by atoms with Crippen molar-refractivity contribution in [1.29, 1.82) is 0 Å². The van der Waals surface area contributed by atoms with Crippen molar-refractivity contribution in [2.45, 2.75) is 0 Å². The van der Waals surface area contributed by atoms with Gasteiger partial charge in [0.1, 0.15) is 5.76 Å². The predicted octanol–water partition coefficient (Wildman–Crippen LogP) is 0.542. The molecule has 0 aromatic heterocycles. The van der Waals surface area contributed by atoms with Crippen LogP contribution in [0.5, 0.6) is 0 Å². The molecule has 0 atom stereocenters. The van der Waals surface area contributed by atoms with E-state index in [9.17, 15) is 4.79 Å². The number of carbonyl (C=O) groups is 1. The molecule has 0 aliphatic heterocycles. The fraction of sp³-hybridized carbons (Fsp3) is 0. The maximum Gasteiger partial charge on any atom is 0.338 e. The van der Waals surface area contributed by atoms with E-state index in [4.69, 9.17) is 15.9 Å². The molecule has 4 N–H and O–H groups in total. The summed E-state index contributed by atoms with van der Waals surface area (Å²) in [6.45, 7) is 3.11. The zero-order valence-corrected chi connectivity index (χ0v) is 5.82. The second-order valence-corrected chi connectivity index (χ2v) is 1.72. The molecular weight excluding hydrogens is 146 g/mol. The minimum atomic E-state index is -1.26. The van der Waals surface area contributed by atoms with Crippen molar-refractivity contribution >= 4 is 5.97 Å². The summed E-state index contributed by atoms with van der Waals surface area (Å²) in [6.07, 6.45) is 3.63. The summed E-state index contributed by atoms with van der Waals surface area (Å²) >= 11 is 0. The zero-order chi connectivity index (χ0) is 8.85. The van der Waals surface area contributed by atoms with Gasteiger partial charge in [-0.15, -0.1) is 0 Å². The Kier molecular flexibility index (Phi) is 3.51. The topological polar surface area (TPSA) is 83.5 Å². The highest BCUT2D eigenvalue weighted by Gasteiger charge is 2.06. The molecule has 0 unspecified atom stereocenters. The summed E-state index contributed by atoms with van der Waals surface area (Å²) < 4.78 is 0. The third-order valence-corrected chi connectivity index (χ3v) is 0.933. The lowest BCUT2D eigenvalue weighted by Crippen LogP contribution is -2.01. The third kappa shape index (κ3) is 3.10. The largest absolute Gasteiger partial charge is 0.507 e. The fourth-order valence-corrected chi connectivity index (χ4v) is 0.357. The molecule has 4 nitrogen and oxygen atoms in total. The minimum Gasteiger partial charge on any atom is -0.507 e. The first-order chi connectivity index (χ1) is 5.09. The monoisotopic (exact) mass is 155 g/mol. The van der Waals surface area contributed by atoms with Crippen LogP contribution >= 0.6 is 0 Å². The van der Waals surface area contributed by atoms with E-state index in [2.05, 4.69) is 6.58 Å². The summed E-state index contributed by atoms with van der Waals surface area (Å²) in [5, 5.41) is 17.2. The maximum absolute atomic E-state index is 10.1. The molecule has 0 aliphatic rings. The van der Waals surface area contributed by atoms with Crippen molar-refractivity contribution in [3.8, 4) is 0 Å². The van der Waals surface area contributed by atoms with Crippen LogP contribution in [0.1, 0.15) is 0 Å². The number of carboxylic acid groups (broad SMARTS) is 1. The van der Waals surface area contributed by atoms with E-state index >= 15 is 0 Å². The average Bonchev–Trinajstić information content (AvgIpc) is 1.98. The van der Waals surface area contributed by atoms with Crippen molar-refractivity contribution in [2.24, 2.45) is 5.73 Å². The zero-order valence-electron chi connectivity index (χ0n) is 5.82. The highest BCUT2D eigenvalue weighted by atomic mass is 16.4. The van der Waals surface area contributed by atoms with Crippen molar-refractivity contribution in [3.63, 3.8) is 0 Å². The second kappa shape index (κ2) is 4.16. The number of aliphatic hydroxyl groups excluding tert-OH is 1. The molecule has 0 saturated heterocycles. The standard InChI is InChI=1S/C7H9NO3/c1-5(7(10)11)6(9)3-2-4-8/h2-4,9H,1,8H2,(H,10,11)/b4-2-,6-3+. The molecule has 0 fully saturated rings. The molecule has 0 heterocycles. The summed E-state index contributed by atoms with van der Waals surface area (Å²) in [4.78, 5) is 10.1. The summed E-state index contributed by atoms with van der Waals surface area (Å²) in [5.41, 5.74) is 4.58. The number of aliphatic hydroxyl groups is 1. The van der Waals surface area contributed by atoms with Crippen molar-refractivity contribution in [1.82, 2.24) is 0 Å². The van der Waals surface area contributed by atoms with Gasteiger partial charge in [-0.1, -0.05) is 6.58 Å². The maximum atomic E-state index is 10.1. The van der Waals surface area contributed by atoms with Gasteiger partial charge in [0.15, 0.2) is 0 Å². The quantitative estimate of drug-likeness (QED) is 0.315. The van der Waals surface area contributed by atoms with Gasteiger partial charge in [-0.2, -0.15) is 0 Å². The van der Waals surface area contributed by atoms with Crippen LogP contribution < -0.4 is 5.73 Å². The van der Waals surface area contributed by atoms with Gasteiger partial charge >= 0.3 is 5.97 Å². The molecule has 0 radical (unpaired) electrons. The van der Waals surface area contributed by atoms with E-state index in [1.807, 2.05) is 0 Å². The number of carboxylic acids is 1. The lowest BCUT2D eigenvalue weighted by atomic mass is 10.2. The van der Waals surface area contributed by atoms with Gasteiger partial charge < -0.3 is 15.9 Å². The van der Waals surface area contributed by atoms with Gasteiger partial charge in [-0.25, -0.2) is 4.79 Å². The molecule has 60 valence electrons. The van der Waals surface area contributed by atoms with E-state index < -0.39 is 11.7 Å². The Morgan fingerprint density at radius 3 is 2.36 bits per heavy atom. The van der Waals surface area contributed by atoms with Crippen molar-refractivity contribution in [3.05, 3.63) is 36.3 Å². The van der Waals surface area contributed by atoms with Crippen LogP contribution in [0.15, 0.2) is 36.3 Å². The number of rotatable bonds is 3. The Bertz CT molecular complexity index is 228. The van der Waals surface area contributed by atoms with Gasteiger partial charge in [0.2, 0.25) is 0 Å². The molecule has 0 amide bonds. The SMILES string of the molecule is C=C(C(=O)O)/C(O)=C\C=C/N. The highest BCUT2D eigenvalue weighted by Crippen LogP contribution is 2.02. The molecule has 0 rings (SSSR count). The molecule has 0 bridgehead atoms. The van der Waals surface area contributed by atoms with Crippen LogP contribution in [0.25, 0.3) is 0 Å². The molecule has 4 heteroatoms. The van der Waals surface area contributed by atoms with Gasteiger partial charge in [0.05, 0.1) is 5.57 Å². The number of hydrogen-bond acceptors (Lipinski definition) is 3. The van der Waals surface area contributed by atoms with Crippen molar-refractivity contribution in [2.75, 3.05) is 0 Å². The second-order valence-electron chi connectivity index (χ2n) is 1.72. The van der Waals surface area contributed by atoms with Gasteiger partial charge in [-0.3, -0.25) is 0 Å². The first kappa shape index (κ1) is 9.29. The Balaban J connectivity index is 4.36. The molecule has 0 aromatic carbocycles. The number of allylic oxidation sites excluding steroid dienone is 2. The van der Waals surface area contributed by atoms with E-state index in [0.29, 0.717) is 0 Å². The van der Waals surface area contributed by atoms with Crippen LogP contribution in [-0.4, -0.2) is 16.2 Å². The van der Waals surface area contributed by atoms with Crippen LogP contribution in [0.4, 0.5) is 0 Å². The van der Waals surface area contributed by atoms with Crippen LogP contribution in [0.3, 0.4) is 0 Å². The Labute approximate surface area is 63.9 Å². The van der Waals surface area contributed by atoms with E-state index in [0.717, 1.165) is 6.08 Å². The molecule has 0 aromatic rings. The smallest absolute Gasteiger partial charge is 0.338 e. The third-order valence-electron chi connectivity index (χ3n) is 0.933. The highest BCUT2D eigenvalue weighted by molar-refractivity contribution is 5.90. The van der Waals surface area contributed by atoms with Gasteiger partial charge in [0, 0.05) is 0 Å². The Hall–Kier alpha value is -1.71. The normalized spacial score (nSPS) is 11.8. The van der Waals surface area contributed by atoms with Crippen LogP contribution in [-0.2, 0) is 4.79 Å². The molecule has 0 spiro atoms. The first-order valence-electron chi connectivity index (χ1n) is 2.79. The van der Waals surface area contributed by atoms with Crippen molar-refractivity contribution < 1.29 is 15.0 Å². The fourth-order valence-electron chi connectivity index (χ4n) is 0.357. The Morgan fingerprint density at radius 2 is 2.00 bits per heavy atom. The minimum absolute atomic E-state index is 0.358. The molecule has 0 saturated carbocycles. The number of nitrogens with two attached hydrogens (primary N) is 1. The van der Waals surface area contributed by atoms with E-state index in [1.54, 1.807) is 0 Å². The van der Waals surface area contributed by atoms with Crippen LogP contribution in [0, 0.1) is 0 Å². The van der Waals surface area contributed by atoms with Gasteiger partial charge in [0.25, 0.3) is 0 Å². The first-order valence-corrected chi connectivity index (χ1v) is 2.79. The Morgan fingerprint density at radius 1 is 1.45 bits per heavy atom. The lowest BCUT2D eigenvalue weighted by Gasteiger charge is -1.95. The van der Waals surface area contributed by atoms with Crippen LogP contribution in [0.2, 0.25) is 0 Å². The predicted molar refractivity (Wildman–Crippen MR) is 40.8 cm³/mol. The number of hydrogen-bond donors (Lipinski definition) is 3. The molecular formula is C7H9NO3. The molecule has 0 aliphatic carbocycles. The van der Waals surface area contributed by atoms with E-state index in [-0.39, 0.29) is 5.57 Å². The summed E-state index contributed by atoms with van der Waals surface area (Å²) in [6, 6.07) is 0. The summed E-state index contributed by atoms with van der Waals surface area (Å²) in [5.74, 6) is -1.66. The molecule has 11 heavy (non-hydrogen) atoms. The summed E-state index contributed by atoms with van der Waals surface area (Å²) in [7, 11) is 0. The van der Waals surface area contributed by atoms with E-state index in [1.165, 1.54) is 12.3 Å². The lowest BCUT2D eigenvalue weighted by molar-refractivity contribution is -0.132. The number of aliphatic carboxylic acids is 1.